The van der Waals surface area contributed by atoms with Gasteiger partial charge in [-0.05, 0) is 43.2 Å². The van der Waals surface area contributed by atoms with Crippen molar-refractivity contribution in [1.29, 1.82) is 0 Å². The Kier molecular flexibility index (Phi) is 7.61. The first kappa shape index (κ1) is 23.5. The maximum Gasteiger partial charge on any atom is 0.243 e. The quantitative estimate of drug-likeness (QED) is 0.477. The lowest BCUT2D eigenvalue weighted by Gasteiger charge is -2.28. The van der Waals surface area contributed by atoms with Crippen LogP contribution in [0.1, 0.15) is 51.3 Å². The second-order valence-electron chi connectivity index (χ2n) is 8.26. The minimum atomic E-state index is -2.17. The molecule has 31 heavy (non-hydrogen) atoms. The molecule has 3 N–H and O–H groups in total. The van der Waals surface area contributed by atoms with Crippen molar-refractivity contribution in [2.45, 2.75) is 57.8 Å². The third-order valence-electron chi connectivity index (χ3n) is 5.78. The summed E-state index contributed by atoms with van der Waals surface area (Å²) >= 11 is 6.30. The van der Waals surface area contributed by atoms with E-state index in [0.717, 1.165) is 43.7 Å². The highest BCUT2D eigenvalue weighted by molar-refractivity contribution is 7.63. The molecule has 2 fully saturated rings. The average Bonchev–Trinajstić information content (AvgIpc) is 3.43. The number of fused-ring (bicyclic) bond motifs is 1. The number of hydrogen-bond acceptors (Lipinski definition) is 9. The highest BCUT2D eigenvalue weighted by Crippen LogP contribution is 2.45. The summed E-state index contributed by atoms with van der Waals surface area (Å²) in [6.45, 7) is 5.55. The molecular formula is C18H28ClN5O5P2. The summed E-state index contributed by atoms with van der Waals surface area (Å²) in [7, 11) is -4.03. The first-order chi connectivity index (χ1) is 14.8. The van der Waals surface area contributed by atoms with Gasteiger partial charge in [-0.3, -0.25) is 0 Å². The van der Waals surface area contributed by atoms with Crippen molar-refractivity contribution in [2.24, 2.45) is 5.92 Å². The molecule has 10 nitrogen and oxygen atoms in total. The van der Waals surface area contributed by atoms with Crippen molar-refractivity contribution in [3.05, 3.63) is 17.2 Å². The van der Waals surface area contributed by atoms with Gasteiger partial charge in [0.15, 0.2) is 28.2 Å². The van der Waals surface area contributed by atoms with E-state index in [9.17, 15) is 4.89 Å². The van der Waals surface area contributed by atoms with Gasteiger partial charge in [-0.1, -0.05) is 13.8 Å². The van der Waals surface area contributed by atoms with Gasteiger partial charge in [0.05, 0.1) is 30.5 Å². The fourth-order valence-corrected chi connectivity index (χ4v) is 6.07. The zero-order valence-electron chi connectivity index (χ0n) is 17.5. The predicted molar refractivity (Wildman–Crippen MR) is 119 cm³/mol. The smallest absolute Gasteiger partial charge is 0.243 e. The molecule has 2 aromatic rings. The molecule has 4 heterocycles. The molecule has 0 amide bonds. The topological polar surface area (TPSA) is 125 Å². The Bertz CT molecular complexity index is 904. The summed E-state index contributed by atoms with van der Waals surface area (Å²) in [6.07, 6.45) is 5.08. The Morgan fingerprint density at radius 1 is 1.29 bits per heavy atom. The number of imidazole rings is 1. The molecule has 2 aliphatic heterocycles. The van der Waals surface area contributed by atoms with Crippen LogP contribution in [0.2, 0.25) is 5.28 Å². The fourth-order valence-electron chi connectivity index (χ4n) is 4.38. The van der Waals surface area contributed by atoms with Gasteiger partial charge in [0, 0.05) is 12.6 Å². The Labute approximate surface area is 188 Å². The first-order valence-electron chi connectivity index (χ1n) is 10.4. The van der Waals surface area contributed by atoms with Crippen molar-refractivity contribution < 1.29 is 23.9 Å². The zero-order valence-corrected chi connectivity index (χ0v) is 20.0. The van der Waals surface area contributed by atoms with Crippen molar-refractivity contribution in [3.8, 4) is 0 Å². The van der Waals surface area contributed by atoms with E-state index in [1.807, 2.05) is 0 Å². The number of aromatic nitrogens is 4. The van der Waals surface area contributed by atoms with Gasteiger partial charge in [-0.15, -0.1) is 5.10 Å². The lowest BCUT2D eigenvalue weighted by atomic mass is 10.0. The summed E-state index contributed by atoms with van der Waals surface area (Å²) in [5.41, 5.74) is 1.48. The molecule has 2 aliphatic rings. The first-order valence-corrected chi connectivity index (χ1v) is 13.6. The van der Waals surface area contributed by atoms with Gasteiger partial charge in [0.2, 0.25) is 5.28 Å². The molecule has 2 saturated heterocycles. The molecule has 0 radical (unpaired) electrons. The molecule has 0 bridgehead atoms. The van der Waals surface area contributed by atoms with Crippen LogP contribution < -0.4 is 4.90 Å². The third kappa shape index (κ3) is 5.28. The van der Waals surface area contributed by atoms with Crippen LogP contribution in [0.15, 0.2) is 6.20 Å². The minimum absolute atomic E-state index is 0.139. The number of halogens is 1. The van der Waals surface area contributed by atoms with Crippen LogP contribution in [0, 0.1) is 5.92 Å². The highest BCUT2D eigenvalue weighted by Gasteiger charge is 2.33. The lowest BCUT2D eigenvalue weighted by Crippen LogP contribution is -2.34. The van der Waals surface area contributed by atoms with Crippen LogP contribution in [0.25, 0.3) is 5.65 Å². The van der Waals surface area contributed by atoms with Crippen molar-refractivity contribution in [3.63, 3.8) is 0 Å². The van der Waals surface area contributed by atoms with Gasteiger partial charge in [-0.25, -0.2) is 9.50 Å². The van der Waals surface area contributed by atoms with Gasteiger partial charge in [-0.2, -0.15) is 4.98 Å². The van der Waals surface area contributed by atoms with Crippen LogP contribution in [0.3, 0.4) is 0 Å². The maximum absolute atomic E-state index is 9.73. The summed E-state index contributed by atoms with van der Waals surface area (Å²) in [5, 5.41) is 4.57. The van der Waals surface area contributed by atoms with Gasteiger partial charge in [0.25, 0.3) is 0 Å². The second-order valence-corrected chi connectivity index (χ2v) is 11.4. The van der Waals surface area contributed by atoms with Crippen LogP contribution in [-0.2, 0) is 9.26 Å². The molecule has 4 rings (SSSR count). The standard InChI is InChI=1S/C18H28ClN5O5P2/c1-11(2)13-4-3-7-23(13)17-16-20-8-14(24(16)22-18(19)21-17)15-6-5-12(29-15)9-28-31(27)10-30(25)26/h8,11-13,15,25-27H,3-7,9-10H2,1-2H3. The number of nitrogens with zero attached hydrogens (tertiary/aromatic N) is 5. The Balaban J connectivity index is 1.50. The van der Waals surface area contributed by atoms with E-state index in [4.69, 9.17) is 30.6 Å². The van der Waals surface area contributed by atoms with E-state index in [-0.39, 0.29) is 30.0 Å². The van der Waals surface area contributed by atoms with E-state index >= 15 is 0 Å². The van der Waals surface area contributed by atoms with E-state index < -0.39 is 16.8 Å². The number of rotatable bonds is 8. The Morgan fingerprint density at radius 2 is 2.10 bits per heavy atom. The summed E-state index contributed by atoms with van der Waals surface area (Å²) < 4.78 is 13.2. The van der Waals surface area contributed by atoms with Crippen LogP contribution in [-0.4, -0.2) is 65.5 Å². The number of anilines is 1. The van der Waals surface area contributed by atoms with Crippen LogP contribution >= 0.6 is 28.4 Å². The second kappa shape index (κ2) is 10.1. The molecule has 0 spiro atoms. The molecule has 13 heteroatoms. The molecule has 4 atom stereocenters. The largest absolute Gasteiger partial charge is 0.366 e. The lowest BCUT2D eigenvalue weighted by molar-refractivity contribution is 0.0151. The van der Waals surface area contributed by atoms with Crippen molar-refractivity contribution in [1.82, 2.24) is 19.6 Å². The molecule has 172 valence electrons. The molecule has 4 unspecified atom stereocenters. The maximum atomic E-state index is 9.73. The molecule has 0 aliphatic carbocycles. The summed E-state index contributed by atoms with van der Waals surface area (Å²) in [4.78, 5) is 39.1. The normalized spacial score (nSPS) is 25.4. The minimum Gasteiger partial charge on any atom is -0.366 e. The van der Waals surface area contributed by atoms with Gasteiger partial charge in [0.1, 0.15) is 6.10 Å². The summed E-state index contributed by atoms with van der Waals surface area (Å²) in [5.74, 6) is 1.12. The molecule has 0 aromatic carbocycles. The van der Waals surface area contributed by atoms with Crippen LogP contribution in [0.4, 0.5) is 5.82 Å². The van der Waals surface area contributed by atoms with E-state index in [2.05, 4.69) is 33.8 Å². The highest BCUT2D eigenvalue weighted by atomic mass is 35.5. The number of ether oxygens (including phenoxy) is 1. The third-order valence-corrected chi connectivity index (χ3v) is 8.37. The van der Waals surface area contributed by atoms with E-state index in [0.29, 0.717) is 17.6 Å². The Morgan fingerprint density at radius 3 is 2.84 bits per heavy atom. The fraction of sp³-hybridized carbons (Fsp3) is 0.722. The van der Waals surface area contributed by atoms with Crippen LogP contribution in [0.5, 0.6) is 0 Å². The predicted octanol–water partition coefficient (Wildman–Crippen LogP) is 3.20. The van der Waals surface area contributed by atoms with E-state index in [1.165, 1.54) is 0 Å². The van der Waals surface area contributed by atoms with E-state index in [1.54, 1.807) is 10.7 Å². The Hall–Kier alpha value is -0.700. The molecule has 2 aromatic heterocycles. The van der Waals surface area contributed by atoms with Gasteiger partial charge >= 0.3 is 0 Å². The molecule has 0 saturated carbocycles. The van der Waals surface area contributed by atoms with Crippen molar-refractivity contribution in [2.75, 3.05) is 24.0 Å². The SMILES string of the molecule is CC(C)C1CCCN1c1nc(Cl)nn2c(C3CCC(COP(O)CP(O)O)O3)cnc12. The number of hydrogen-bond donors (Lipinski definition) is 3. The van der Waals surface area contributed by atoms with Gasteiger partial charge < -0.3 is 28.8 Å². The molecular weight excluding hydrogens is 464 g/mol. The average molecular weight is 492 g/mol. The monoisotopic (exact) mass is 491 g/mol. The summed E-state index contributed by atoms with van der Waals surface area (Å²) in [6, 6.07) is 0.395. The zero-order chi connectivity index (χ0) is 22.1. The van der Waals surface area contributed by atoms with Crippen molar-refractivity contribution >= 4 is 39.8 Å².